The van der Waals surface area contributed by atoms with Gasteiger partial charge >= 0.3 is 6.03 Å². The highest BCUT2D eigenvalue weighted by Gasteiger charge is 2.39. The van der Waals surface area contributed by atoms with E-state index in [1.807, 2.05) is 12.1 Å². The van der Waals surface area contributed by atoms with E-state index in [1.54, 1.807) is 4.90 Å². The highest BCUT2D eigenvalue weighted by molar-refractivity contribution is 6.30. The Morgan fingerprint density at radius 3 is 2.33 bits per heavy atom. The molecule has 2 aliphatic rings. The van der Waals surface area contributed by atoms with Crippen LogP contribution in [0, 0.1) is 5.92 Å². The van der Waals surface area contributed by atoms with Crippen LogP contribution in [0.15, 0.2) is 24.3 Å². The van der Waals surface area contributed by atoms with Gasteiger partial charge in [0.15, 0.2) is 0 Å². The normalized spacial score (nSPS) is 20.3. The van der Waals surface area contributed by atoms with Crippen LogP contribution < -0.4 is 11.1 Å². The molecule has 1 aromatic carbocycles. The lowest BCUT2D eigenvalue weighted by Crippen LogP contribution is -2.51. The summed E-state index contributed by atoms with van der Waals surface area (Å²) in [5.74, 6) is -0.354. The van der Waals surface area contributed by atoms with Crippen molar-refractivity contribution in [3.05, 3.63) is 34.9 Å². The number of likely N-dealkylation sites (tertiary alicyclic amines) is 1. The number of nitrogens with two attached hydrogens (primary N) is 1. The molecule has 1 aliphatic heterocycles. The van der Waals surface area contributed by atoms with Gasteiger partial charge in [-0.15, -0.1) is 0 Å². The molecule has 0 spiro atoms. The third-order valence-electron chi connectivity index (χ3n) is 5.53. The fraction of sp³-hybridized carbons (Fsp3) is 0.556. The van der Waals surface area contributed by atoms with E-state index in [1.165, 1.54) is 12.0 Å². The van der Waals surface area contributed by atoms with Gasteiger partial charge in [-0.2, -0.15) is 0 Å². The number of carbonyl (C=O) groups excluding carboxylic acids is 2. The smallest absolute Gasteiger partial charge is 0.317 e. The summed E-state index contributed by atoms with van der Waals surface area (Å²) < 4.78 is 0. The monoisotopic (exact) mass is 349 g/mol. The molecule has 0 unspecified atom stereocenters. The zero-order chi connectivity index (χ0) is 17.2. The largest absolute Gasteiger partial charge is 0.369 e. The summed E-state index contributed by atoms with van der Waals surface area (Å²) in [6.07, 6.45) is 4.66. The number of primary amides is 1. The average Bonchev–Trinajstić information content (AvgIpc) is 2.55. The van der Waals surface area contributed by atoms with Crippen LogP contribution in [0.2, 0.25) is 5.02 Å². The van der Waals surface area contributed by atoms with E-state index in [4.69, 9.17) is 17.3 Å². The lowest BCUT2D eigenvalue weighted by molar-refractivity contribution is -0.123. The van der Waals surface area contributed by atoms with Crippen molar-refractivity contribution in [1.82, 2.24) is 10.2 Å². The second-order valence-corrected chi connectivity index (χ2v) is 7.40. The standard InChI is InChI=1S/C18H24ClN3O2/c19-15-4-2-14(3-5-15)18(8-1-9-18)12-21-17(24)22-10-6-13(7-11-22)16(20)23/h2-5,13H,1,6-12H2,(H2,20,23)(H,21,24). The van der Waals surface area contributed by atoms with Gasteiger partial charge in [0.2, 0.25) is 5.91 Å². The summed E-state index contributed by atoms with van der Waals surface area (Å²) in [5.41, 5.74) is 6.61. The van der Waals surface area contributed by atoms with Gasteiger partial charge in [0.05, 0.1) is 0 Å². The van der Waals surface area contributed by atoms with Gasteiger partial charge in [0.25, 0.3) is 0 Å². The Labute approximate surface area is 147 Å². The zero-order valence-electron chi connectivity index (χ0n) is 13.8. The fourth-order valence-electron chi connectivity index (χ4n) is 3.70. The highest BCUT2D eigenvalue weighted by Crippen LogP contribution is 2.43. The Hall–Kier alpha value is -1.75. The molecule has 3 N–H and O–H groups in total. The molecule has 3 rings (SSSR count). The Bertz CT molecular complexity index is 605. The molecule has 130 valence electrons. The van der Waals surface area contributed by atoms with Gasteiger partial charge < -0.3 is 16.0 Å². The van der Waals surface area contributed by atoms with E-state index in [2.05, 4.69) is 17.4 Å². The molecule has 6 heteroatoms. The predicted molar refractivity (Wildman–Crippen MR) is 93.9 cm³/mol. The third-order valence-corrected chi connectivity index (χ3v) is 5.78. The number of amides is 3. The lowest BCUT2D eigenvalue weighted by Gasteiger charge is -2.43. The maximum absolute atomic E-state index is 12.4. The minimum atomic E-state index is -0.258. The Morgan fingerprint density at radius 1 is 1.21 bits per heavy atom. The number of hydrogen-bond acceptors (Lipinski definition) is 2. The van der Waals surface area contributed by atoms with Crippen LogP contribution in [-0.4, -0.2) is 36.5 Å². The molecule has 5 nitrogen and oxygen atoms in total. The molecule has 1 aliphatic carbocycles. The molecule has 1 saturated heterocycles. The molecule has 3 amide bonds. The van der Waals surface area contributed by atoms with Gasteiger partial charge in [-0.25, -0.2) is 4.79 Å². The van der Waals surface area contributed by atoms with Crippen molar-refractivity contribution in [3.8, 4) is 0 Å². The number of carbonyl (C=O) groups is 2. The molecule has 0 aromatic heterocycles. The van der Waals surface area contributed by atoms with Crippen molar-refractivity contribution in [3.63, 3.8) is 0 Å². The van der Waals surface area contributed by atoms with Crippen LogP contribution in [0.5, 0.6) is 0 Å². The first kappa shape index (κ1) is 17.1. The van der Waals surface area contributed by atoms with E-state index < -0.39 is 0 Å². The second kappa shape index (κ2) is 7.01. The van der Waals surface area contributed by atoms with Crippen LogP contribution in [-0.2, 0) is 10.2 Å². The first-order chi connectivity index (χ1) is 11.5. The van der Waals surface area contributed by atoms with Crippen molar-refractivity contribution in [2.24, 2.45) is 11.7 Å². The summed E-state index contributed by atoms with van der Waals surface area (Å²) in [6, 6.07) is 7.90. The molecular weight excluding hydrogens is 326 g/mol. The minimum absolute atomic E-state index is 0.0335. The molecule has 1 saturated carbocycles. The lowest BCUT2D eigenvalue weighted by atomic mass is 9.64. The summed E-state index contributed by atoms with van der Waals surface area (Å²) >= 11 is 5.98. The molecule has 1 heterocycles. The maximum Gasteiger partial charge on any atom is 0.317 e. The maximum atomic E-state index is 12.4. The van der Waals surface area contributed by atoms with E-state index in [9.17, 15) is 9.59 Å². The SMILES string of the molecule is NC(=O)C1CCN(C(=O)NCC2(c3ccc(Cl)cc3)CCC2)CC1. The third kappa shape index (κ3) is 3.51. The van der Waals surface area contributed by atoms with Gasteiger partial charge in [-0.1, -0.05) is 30.2 Å². The van der Waals surface area contributed by atoms with Crippen molar-refractivity contribution >= 4 is 23.5 Å². The summed E-state index contributed by atoms with van der Waals surface area (Å²) in [7, 11) is 0. The quantitative estimate of drug-likeness (QED) is 0.876. The fourth-order valence-corrected chi connectivity index (χ4v) is 3.82. The van der Waals surface area contributed by atoms with Crippen molar-refractivity contribution in [2.75, 3.05) is 19.6 Å². The molecule has 0 atom stereocenters. The number of rotatable bonds is 4. The van der Waals surface area contributed by atoms with E-state index in [-0.39, 0.29) is 23.3 Å². The first-order valence-corrected chi connectivity index (χ1v) is 8.96. The number of benzene rings is 1. The number of piperidine rings is 1. The number of hydrogen-bond donors (Lipinski definition) is 2. The molecule has 2 fully saturated rings. The van der Waals surface area contributed by atoms with E-state index in [0.717, 1.165) is 17.9 Å². The number of halogens is 1. The number of urea groups is 1. The Morgan fingerprint density at radius 2 is 1.83 bits per heavy atom. The van der Waals surface area contributed by atoms with Gasteiger partial charge in [-0.3, -0.25) is 4.79 Å². The van der Waals surface area contributed by atoms with Crippen LogP contribution in [0.4, 0.5) is 4.79 Å². The van der Waals surface area contributed by atoms with Crippen LogP contribution in [0.25, 0.3) is 0 Å². The van der Waals surface area contributed by atoms with Gasteiger partial charge in [-0.05, 0) is 43.4 Å². The molecule has 0 radical (unpaired) electrons. The number of nitrogens with zero attached hydrogens (tertiary/aromatic N) is 1. The van der Waals surface area contributed by atoms with E-state index >= 15 is 0 Å². The number of nitrogens with one attached hydrogen (secondary N) is 1. The minimum Gasteiger partial charge on any atom is -0.369 e. The topological polar surface area (TPSA) is 75.4 Å². The zero-order valence-corrected chi connectivity index (χ0v) is 14.5. The van der Waals surface area contributed by atoms with E-state index in [0.29, 0.717) is 32.5 Å². The summed E-state index contributed by atoms with van der Waals surface area (Å²) in [5, 5.41) is 3.82. The van der Waals surface area contributed by atoms with Crippen molar-refractivity contribution in [1.29, 1.82) is 0 Å². The second-order valence-electron chi connectivity index (χ2n) is 6.96. The molecule has 1 aromatic rings. The Kier molecular flexibility index (Phi) is 4.99. The van der Waals surface area contributed by atoms with Crippen molar-refractivity contribution in [2.45, 2.75) is 37.5 Å². The van der Waals surface area contributed by atoms with Crippen LogP contribution >= 0.6 is 11.6 Å². The molecule has 0 bridgehead atoms. The molecule has 24 heavy (non-hydrogen) atoms. The highest BCUT2D eigenvalue weighted by atomic mass is 35.5. The summed E-state index contributed by atoms with van der Waals surface area (Å²) in [6.45, 7) is 1.82. The van der Waals surface area contributed by atoms with Crippen LogP contribution in [0.1, 0.15) is 37.7 Å². The van der Waals surface area contributed by atoms with Gasteiger partial charge in [0, 0.05) is 36.0 Å². The Balaban J connectivity index is 1.55. The van der Waals surface area contributed by atoms with Crippen molar-refractivity contribution < 1.29 is 9.59 Å². The van der Waals surface area contributed by atoms with Crippen LogP contribution in [0.3, 0.4) is 0 Å². The first-order valence-electron chi connectivity index (χ1n) is 8.58. The summed E-state index contributed by atoms with van der Waals surface area (Å²) in [4.78, 5) is 25.4. The van der Waals surface area contributed by atoms with Gasteiger partial charge in [0.1, 0.15) is 0 Å². The molecular formula is C18H24ClN3O2. The average molecular weight is 350 g/mol. The predicted octanol–water partition coefficient (Wildman–Crippen LogP) is 2.67.